The van der Waals surface area contributed by atoms with E-state index in [0.29, 0.717) is 11.6 Å². The maximum atomic E-state index is 14.0. The van der Waals surface area contributed by atoms with Crippen molar-refractivity contribution in [3.8, 4) is 0 Å². The van der Waals surface area contributed by atoms with Gasteiger partial charge in [-0.15, -0.1) is 0 Å². The second kappa shape index (κ2) is 5.37. The summed E-state index contributed by atoms with van der Waals surface area (Å²) in [5.74, 6) is 0.595. The number of hydrogen-bond acceptors (Lipinski definition) is 2. The van der Waals surface area contributed by atoms with E-state index in [1.165, 1.54) is 18.9 Å². The second-order valence-electron chi connectivity index (χ2n) is 5.57. The maximum Gasteiger partial charge on any atom is 0.128 e. The monoisotopic (exact) mass is 250 g/mol. The van der Waals surface area contributed by atoms with E-state index in [-0.39, 0.29) is 17.9 Å². The van der Waals surface area contributed by atoms with Crippen LogP contribution in [0.5, 0.6) is 0 Å². The summed E-state index contributed by atoms with van der Waals surface area (Å²) in [5, 5.41) is 0. The molecule has 0 aromatic heterocycles. The zero-order valence-corrected chi connectivity index (χ0v) is 11.4. The molecule has 1 aliphatic rings. The molecule has 0 heterocycles. The van der Waals surface area contributed by atoms with Gasteiger partial charge in [-0.3, -0.25) is 4.90 Å². The average molecular weight is 250 g/mol. The summed E-state index contributed by atoms with van der Waals surface area (Å²) in [6.07, 6.45) is 2.57. The van der Waals surface area contributed by atoms with E-state index < -0.39 is 0 Å². The molecule has 2 nitrogen and oxygen atoms in total. The Hall–Kier alpha value is -0.930. The van der Waals surface area contributed by atoms with Crippen LogP contribution in [-0.2, 0) is 0 Å². The van der Waals surface area contributed by atoms with Gasteiger partial charge in [-0.05, 0) is 45.7 Å². The van der Waals surface area contributed by atoms with Gasteiger partial charge in [0.2, 0.25) is 0 Å². The number of rotatable bonds is 5. The molecule has 0 saturated heterocycles. The van der Waals surface area contributed by atoms with Crippen LogP contribution in [0.25, 0.3) is 0 Å². The highest BCUT2D eigenvalue weighted by atomic mass is 19.1. The van der Waals surface area contributed by atoms with Crippen molar-refractivity contribution in [2.45, 2.75) is 44.8 Å². The largest absolute Gasteiger partial charge is 0.326 e. The van der Waals surface area contributed by atoms with Gasteiger partial charge in [0.05, 0.1) is 6.04 Å². The number of likely N-dealkylation sites (N-methyl/N-ethyl adjacent to an activating group) is 1. The zero-order valence-electron chi connectivity index (χ0n) is 11.4. The van der Waals surface area contributed by atoms with Crippen molar-refractivity contribution in [2.75, 3.05) is 7.05 Å². The molecule has 2 N–H and O–H groups in total. The summed E-state index contributed by atoms with van der Waals surface area (Å²) >= 11 is 0. The lowest BCUT2D eigenvalue weighted by atomic mass is 9.97. The van der Waals surface area contributed by atoms with Crippen molar-refractivity contribution in [1.82, 2.24) is 4.90 Å². The predicted octanol–water partition coefficient (Wildman–Crippen LogP) is 2.94. The van der Waals surface area contributed by atoms with Gasteiger partial charge in [0, 0.05) is 17.6 Å². The first-order chi connectivity index (χ1) is 8.52. The molecule has 0 spiro atoms. The molecule has 0 amide bonds. The van der Waals surface area contributed by atoms with Crippen molar-refractivity contribution in [3.05, 3.63) is 35.6 Å². The highest BCUT2D eigenvalue weighted by molar-refractivity contribution is 5.23. The first kappa shape index (κ1) is 13.5. The Bertz CT molecular complexity index is 401. The van der Waals surface area contributed by atoms with E-state index in [1.807, 2.05) is 19.1 Å². The Morgan fingerprint density at radius 3 is 2.39 bits per heavy atom. The highest BCUT2D eigenvalue weighted by Gasteiger charge is 2.35. The number of benzene rings is 1. The third kappa shape index (κ3) is 2.73. The second-order valence-corrected chi connectivity index (χ2v) is 5.57. The number of nitrogens with zero attached hydrogens (tertiary/aromatic N) is 1. The van der Waals surface area contributed by atoms with Crippen LogP contribution < -0.4 is 5.73 Å². The van der Waals surface area contributed by atoms with Crippen LogP contribution in [0.2, 0.25) is 0 Å². The minimum atomic E-state index is -0.158. The summed E-state index contributed by atoms with van der Waals surface area (Å²) in [4.78, 5) is 2.24. The number of hydrogen-bond donors (Lipinski definition) is 1. The molecule has 3 heteroatoms. The van der Waals surface area contributed by atoms with Crippen LogP contribution in [0.15, 0.2) is 24.3 Å². The number of nitrogens with two attached hydrogens (primary N) is 1. The summed E-state index contributed by atoms with van der Waals surface area (Å²) in [7, 11) is 2.06. The van der Waals surface area contributed by atoms with Gasteiger partial charge in [0.1, 0.15) is 5.82 Å². The molecule has 0 radical (unpaired) electrons. The fourth-order valence-corrected chi connectivity index (χ4v) is 2.75. The van der Waals surface area contributed by atoms with Gasteiger partial charge in [-0.25, -0.2) is 4.39 Å². The molecule has 3 unspecified atom stereocenters. The van der Waals surface area contributed by atoms with Gasteiger partial charge < -0.3 is 5.73 Å². The van der Waals surface area contributed by atoms with Crippen molar-refractivity contribution >= 4 is 0 Å². The first-order valence-electron chi connectivity index (χ1n) is 6.74. The normalized spacial score (nSPS) is 20.8. The molecule has 0 aliphatic heterocycles. The van der Waals surface area contributed by atoms with Crippen molar-refractivity contribution < 1.29 is 4.39 Å². The summed E-state index contributed by atoms with van der Waals surface area (Å²) in [5.41, 5.74) is 6.80. The lowest BCUT2D eigenvalue weighted by molar-refractivity contribution is 0.146. The van der Waals surface area contributed by atoms with E-state index in [1.54, 1.807) is 6.07 Å². The Balaban J connectivity index is 2.25. The predicted molar refractivity (Wildman–Crippen MR) is 72.7 cm³/mol. The van der Waals surface area contributed by atoms with Crippen molar-refractivity contribution in [2.24, 2.45) is 11.7 Å². The molecule has 1 aromatic carbocycles. The fourth-order valence-electron chi connectivity index (χ4n) is 2.75. The quantitative estimate of drug-likeness (QED) is 0.870. The summed E-state index contributed by atoms with van der Waals surface area (Å²) in [6.45, 7) is 4.17. The van der Waals surface area contributed by atoms with Crippen LogP contribution in [0.3, 0.4) is 0 Å². The average Bonchev–Trinajstić information content (AvgIpc) is 3.14. The molecule has 1 aromatic rings. The SMILES string of the molecule is CC(N)C(c1ccccc1F)N(C)C(C)C1CC1. The molecule has 18 heavy (non-hydrogen) atoms. The molecule has 0 bridgehead atoms. The summed E-state index contributed by atoms with van der Waals surface area (Å²) < 4.78 is 14.0. The Kier molecular flexibility index (Phi) is 4.03. The minimum absolute atomic E-state index is 0.0539. The lowest BCUT2D eigenvalue weighted by Crippen LogP contribution is -2.43. The lowest BCUT2D eigenvalue weighted by Gasteiger charge is -2.36. The third-order valence-corrected chi connectivity index (χ3v) is 4.11. The van der Waals surface area contributed by atoms with E-state index in [9.17, 15) is 4.39 Å². The standard InChI is InChI=1S/C15H23FN2/c1-10(17)15(13-6-4-5-7-14(13)16)18(3)11(2)12-8-9-12/h4-7,10-12,15H,8-9,17H2,1-3H3. The van der Waals surface area contributed by atoms with Crippen molar-refractivity contribution in [3.63, 3.8) is 0 Å². The molecular weight excluding hydrogens is 227 g/mol. The van der Waals surface area contributed by atoms with Gasteiger partial charge in [0.25, 0.3) is 0 Å². The molecule has 1 saturated carbocycles. The van der Waals surface area contributed by atoms with E-state index >= 15 is 0 Å². The fraction of sp³-hybridized carbons (Fsp3) is 0.600. The van der Waals surface area contributed by atoms with Crippen LogP contribution in [0.4, 0.5) is 4.39 Å². The van der Waals surface area contributed by atoms with Gasteiger partial charge >= 0.3 is 0 Å². The Labute approximate surface area is 109 Å². The topological polar surface area (TPSA) is 29.3 Å². The van der Waals surface area contributed by atoms with Gasteiger partial charge in [0.15, 0.2) is 0 Å². The zero-order chi connectivity index (χ0) is 13.3. The van der Waals surface area contributed by atoms with Crippen molar-refractivity contribution in [1.29, 1.82) is 0 Å². The molecule has 2 rings (SSSR count). The van der Waals surface area contributed by atoms with E-state index in [2.05, 4.69) is 18.9 Å². The molecule has 1 aliphatic carbocycles. The van der Waals surface area contributed by atoms with Crippen LogP contribution in [0.1, 0.15) is 38.3 Å². The molecule has 100 valence electrons. The first-order valence-corrected chi connectivity index (χ1v) is 6.74. The van der Waals surface area contributed by atoms with E-state index in [0.717, 1.165) is 5.92 Å². The molecular formula is C15H23FN2. The van der Waals surface area contributed by atoms with Crippen LogP contribution in [0, 0.1) is 11.7 Å². The molecule has 1 fully saturated rings. The van der Waals surface area contributed by atoms with Gasteiger partial charge in [-0.1, -0.05) is 18.2 Å². The highest BCUT2D eigenvalue weighted by Crippen LogP contribution is 2.38. The number of halogens is 1. The maximum absolute atomic E-state index is 14.0. The smallest absolute Gasteiger partial charge is 0.128 e. The summed E-state index contributed by atoms with van der Waals surface area (Å²) in [6, 6.07) is 7.28. The van der Waals surface area contributed by atoms with Gasteiger partial charge in [-0.2, -0.15) is 0 Å². The Morgan fingerprint density at radius 2 is 1.89 bits per heavy atom. The minimum Gasteiger partial charge on any atom is -0.326 e. The van der Waals surface area contributed by atoms with E-state index in [4.69, 9.17) is 5.73 Å². The Morgan fingerprint density at radius 1 is 1.28 bits per heavy atom. The van der Waals surface area contributed by atoms with Crippen LogP contribution in [-0.4, -0.2) is 24.0 Å². The third-order valence-electron chi connectivity index (χ3n) is 4.11. The molecule has 3 atom stereocenters. The van der Waals surface area contributed by atoms with Crippen LogP contribution >= 0.6 is 0 Å².